The van der Waals surface area contributed by atoms with Gasteiger partial charge in [-0.3, -0.25) is 4.90 Å². The van der Waals surface area contributed by atoms with Crippen LogP contribution in [0.25, 0.3) is 11.4 Å². The summed E-state index contributed by atoms with van der Waals surface area (Å²) in [5.74, 6) is 3.20. The predicted octanol–water partition coefficient (Wildman–Crippen LogP) is 5.27. The van der Waals surface area contributed by atoms with Crippen molar-refractivity contribution in [3.8, 4) is 22.9 Å². The van der Waals surface area contributed by atoms with Gasteiger partial charge in [-0.15, -0.1) is 0 Å². The van der Waals surface area contributed by atoms with Crippen LogP contribution in [0.2, 0.25) is 5.02 Å². The molecule has 0 spiro atoms. The minimum Gasteiger partial charge on any atom is -0.497 e. The van der Waals surface area contributed by atoms with Crippen LogP contribution in [-0.2, 0) is 6.42 Å². The van der Waals surface area contributed by atoms with Gasteiger partial charge in [0.25, 0.3) is 0 Å². The third-order valence-corrected chi connectivity index (χ3v) is 7.41. The molecule has 3 aromatic carbocycles. The Kier molecular flexibility index (Phi) is 9.16. The Bertz CT molecular complexity index is 1380. The normalized spacial score (nSPS) is 14.7. The predicted molar refractivity (Wildman–Crippen MR) is 160 cm³/mol. The van der Waals surface area contributed by atoms with Gasteiger partial charge in [-0.1, -0.05) is 54.1 Å². The van der Waals surface area contributed by atoms with E-state index in [-0.39, 0.29) is 6.61 Å². The van der Waals surface area contributed by atoms with Crippen molar-refractivity contribution >= 4 is 17.4 Å². The second-order valence-electron chi connectivity index (χ2n) is 10.0. The lowest BCUT2D eigenvalue weighted by Gasteiger charge is -2.37. The van der Waals surface area contributed by atoms with Gasteiger partial charge in [0.15, 0.2) is 5.82 Å². The number of aliphatic hydroxyl groups is 1. The van der Waals surface area contributed by atoms with Crippen molar-refractivity contribution in [2.24, 2.45) is 0 Å². The summed E-state index contributed by atoms with van der Waals surface area (Å²) in [7, 11) is 1.63. The number of anilines is 1. The summed E-state index contributed by atoms with van der Waals surface area (Å²) in [6, 6.07) is 25.5. The number of methoxy groups -OCH3 is 1. The first-order valence-electron chi connectivity index (χ1n) is 13.6. The fraction of sp³-hybridized carbons (Fsp3) is 0.312. The summed E-state index contributed by atoms with van der Waals surface area (Å²) in [4.78, 5) is 14.6. The monoisotopic (exact) mass is 558 g/mol. The highest BCUT2D eigenvalue weighted by Crippen LogP contribution is 2.29. The quantitative estimate of drug-likeness (QED) is 0.284. The van der Waals surface area contributed by atoms with E-state index < -0.39 is 6.10 Å². The van der Waals surface area contributed by atoms with E-state index in [0.717, 1.165) is 71.8 Å². The Morgan fingerprint density at radius 3 is 2.23 bits per heavy atom. The van der Waals surface area contributed by atoms with E-state index in [0.29, 0.717) is 12.3 Å². The molecule has 2 heterocycles. The number of piperazine rings is 1. The summed E-state index contributed by atoms with van der Waals surface area (Å²) in [6.45, 7) is 6.13. The van der Waals surface area contributed by atoms with Crippen LogP contribution in [0.4, 0.5) is 5.82 Å². The van der Waals surface area contributed by atoms with Crippen LogP contribution >= 0.6 is 11.6 Å². The maximum absolute atomic E-state index is 10.6. The highest BCUT2D eigenvalue weighted by molar-refractivity contribution is 6.30. The molecule has 1 saturated heterocycles. The van der Waals surface area contributed by atoms with Gasteiger partial charge >= 0.3 is 0 Å². The van der Waals surface area contributed by atoms with Crippen LogP contribution in [0.15, 0.2) is 78.9 Å². The molecule has 40 heavy (non-hydrogen) atoms. The van der Waals surface area contributed by atoms with E-state index in [4.69, 9.17) is 31.0 Å². The van der Waals surface area contributed by atoms with E-state index in [1.165, 1.54) is 5.56 Å². The molecular weight excluding hydrogens is 524 g/mol. The maximum atomic E-state index is 10.6. The van der Waals surface area contributed by atoms with Crippen molar-refractivity contribution in [1.29, 1.82) is 0 Å². The molecule has 0 radical (unpaired) electrons. The average molecular weight is 559 g/mol. The van der Waals surface area contributed by atoms with Gasteiger partial charge in [0.1, 0.15) is 30.0 Å². The van der Waals surface area contributed by atoms with Crippen molar-refractivity contribution in [2.45, 2.75) is 19.4 Å². The summed E-state index contributed by atoms with van der Waals surface area (Å²) in [5, 5.41) is 11.4. The van der Waals surface area contributed by atoms with Gasteiger partial charge in [0, 0.05) is 61.0 Å². The fourth-order valence-corrected chi connectivity index (χ4v) is 5.06. The molecule has 1 aromatic heterocycles. The molecular formula is C32H35ClN4O3. The Morgan fingerprint density at radius 2 is 1.55 bits per heavy atom. The van der Waals surface area contributed by atoms with Crippen molar-refractivity contribution in [2.75, 3.05) is 51.3 Å². The van der Waals surface area contributed by atoms with Gasteiger partial charge in [-0.25, -0.2) is 9.97 Å². The topological polar surface area (TPSA) is 71.0 Å². The first kappa shape index (κ1) is 27.9. The zero-order chi connectivity index (χ0) is 27.9. The Hall–Kier alpha value is -3.65. The molecule has 5 rings (SSSR count). The number of hydrogen-bond donors (Lipinski definition) is 1. The molecule has 0 saturated carbocycles. The molecule has 0 unspecified atom stereocenters. The molecule has 8 heteroatoms. The van der Waals surface area contributed by atoms with Gasteiger partial charge in [0.2, 0.25) is 0 Å². The molecule has 1 N–H and O–H groups in total. The average Bonchev–Trinajstić information content (AvgIpc) is 2.99. The molecule has 208 valence electrons. The van der Waals surface area contributed by atoms with E-state index in [1.54, 1.807) is 7.11 Å². The van der Waals surface area contributed by atoms with Crippen molar-refractivity contribution in [3.05, 3.63) is 101 Å². The maximum Gasteiger partial charge on any atom is 0.161 e. The number of aliphatic hydroxyl groups excluding tert-OH is 1. The van der Waals surface area contributed by atoms with E-state index in [1.807, 2.05) is 66.7 Å². The smallest absolute Gasteiger partial charge is 0.161 e. The molecule has 1 aliphatic rings. The fourth-order valence-electron chi connectivity index (χ4n) is 4.93. The van der Waals surface area contributed by atoms with Gasteiger partial charge in [0.05, 0.1) is 7.11 Å². The standard InChI is InChI=1S/C32H35ClN4O3/c1-23-30(20-24-8-10-26(33)11-9-24)32(35-31(34-23)25-6-4-3-5-7-25)37-18-16-36(17-19-37)21-27(38)22-40-29-14-12-28(39-2)13-15-29/h3-15,27,38H,16-22H2,1-2H3/t27-/m1/s1. The lowest BCUT2D eigenvalue weighted by molar-refractivity contribution is 0.0662. The van der Waals surface area contributed by atoms with Crippen LogP contribution in [0.5, 0.6) is 11.5 Å². The van der Waals surface area contributed by atoms with Crippen LogP contribution in [0, 0.1) is 6.92 Å². The third-order valence-electron chi connectivity index (χ3n) is 7.16. The first-order valence-corrected chi connectivity index (χ1v) is 14.0. The number of rotatable bonds is 10. The van der Waals surface area contributed by atoms with Crippen LogP contribution in [0.3, 0.4) is 0 Å². The van der Waals surface area contributed by atoms with Gasteiger partial charge < -0.3 is 19.5 Å². The summed E-state index contributed by atoms with van der Waals surface area (Å²) < 4.78 is 11.0. The van der Waals surface area contributed by atoms with Crippen LogP contribution in [0.1, 0.15) is 16.8 Å². The SMILES string of the molecule is COc1ccc(OC[C@H](O)CN2CCN(c3nc(-c4ccccc4)nc(C)c3Cc3ccc(Cl)cc3)CC2)cc1. The number of aryl methyl sites for hydroxylation is 1. The summed E-state index contributed by atoms with van der Waals surface area (Å²) >= 11 is 6.13. The van der Waals surface area contributed by atoms with Crippen molar-refractivity contribution in [1.82, 2.24) is 14.9 Å². The van der Waals surface area contributed by atoms with Gasteiger partial charge in [-0.2, -0.15) is 0 Å². The number of hydrogen-bond acceptors (Lipinski definition) is 7. The molecule has 0 bridgehead atoms. The lowest BCUT2D eigenvalue weighted by Crippen LogP contribution is -2.49. The van der Waals surface area contributed by atoms with Crippen LogP contribution < -0.4 is 14.4 Å². The minimum absolute atomic E-state index is 0.239. The van der Waals surface area contributed by atoms with E-state index >= 15 is 0 Å². The number of ether oxygens (including phenoxy) is 2. The zero-order valence-corrected chi connectivity index (χ0v) is 23.7. The molecule has 0 aliphatic carbocycles. The second kappa shape index (κ2) is 13.1. The molecule has 4 aromatic rings. The van der Waals surface area contributed by atoms with E-state index in [9.17, 15) is 5.11 Å². The number of benzene rings is 3. The number of aromatic nitrogens is 2. The molecule has 1 atom stereocenters. The first-order chi connectivity index (χ1) is 19.5. The Morgan fingerprint density at radius 1 is 0.875 bits per heavy atom. The second-order valence-corrected chi connectivity index (χ2v) is 10.5. The Balaban J connectivity index is 1.26. The lowest BCUT2D eigenvalue weighted by atomic mass is 10.0. The number of halogens is 1. The summed E-state index contributed by atoms with van der Waals surface area (Å²) in [5.41, 5.74) is 4.28. The highest BCUT2D eigenvalue weighted by atomic mass is 35.5. The number of β-amino-alcohol motifs (C(OH)–C–C–N with tert-alkyl or cyclic N) is 1. The molecule has 0 amide bonds. The molecule has 7 nitrogen and oxygen atoms in total. The van der Waals surface area contributed by atoms with Crippen molar-refractivity contribution < 1.29 is 14.6 Å². The Labute approximate surface area is 241 Å². The third kappa shape index (κ3) is 7.10. The van der Waals surface area contributed by atoms with Crippen LogP contribution in [-0.4, -0.2) is 72.5 Å². The van der Waals surface area contributed by atoms with Gasteiger partial charge in [-0.05, 0) is 48.9 Å². The molecule has 1 fully saturated rings. The summed E-state index contributed by atoms with van der Waals surface area (Å²) in [6.07, 6.45) is 0.148. The van der Waals surface area contributed by atoms with E-state index in [2.05, 4.69) is 28.9 Å². The molecule has 1 aliphatic heterocycles. The largest absolute Gasteiger partial charge is 0.497 e. The zero-order valence-electron chi connectivity index (χ0n) is 23.0. The van der Waals surface area contributed by atoms with Crippen molar-refractivity contribution in [3.63, 3.8) is 0 Å². The minimum atomic E-state index is -0.583. The highest BCUT2D eigenvalue weighted by Gasteiger charge is 2.24. The number of nitrogens with zero attached hydrogens (tertiary/aromatic N) is 4.